The number of nitrogens with one attached hydrogen (secondary N) is 2. The second kappa shape index (κ2) is 7.99. The Hall–Kier alpha value is -0.610. The minimum Gasteiger partial charge on any atom is -0.356 e. The predicted molar refractivity (Wildman–Crippen MR) is 82.7 cm³/mol. The van der Waals surface area contributed by atoms with Crippen LogP contribution in [0, 0.1) is 11.8 Å². The zero-order valence-corrected chi connectivity index (χ0v) is 13.2. The van der Waals surface area contributed by atoms with E-state index in [1.165, 1.54) is 38.8 Å². The van der Waals surface area contributed by atoms with Crippen molar-refractivity contribution < 1.29 is 4.79 Å². The van der Waals surface area contributed by atoms with E-state index in [4.69, 9.17) is 0 Å². The molecule has 0 aromatic heterocycles. The molecule has 4 heteroatoms. The predicted octanol–water partition coefficient (Wildman–Crippen LogP) is 1.61. The molecule has 20 heavy (non-hydrogen) atoms. The number of amides is 1. The van der Waals surface area contributed by atoms with E-state index in [0.717, 1.165) is 19.6 Å². The number of piperidine rings is 1. The van der Waals surface area contributed by atoms with Crippen LogP contribution >= 0.6 is 0 Å². The van der Waals surface area contributed by atoms with Gasteiger partial charge in [0.2, 0.25) is 5.91 Å². The highest BCUT2D eigenvalue weighted by molar-refractivity contribution is 5.76. The van der Waals surface area contributed by atoms with E-state index in [-0.39, 0.29) is 5.91 Å². The number of carbonyl (C=O) groups is 1. The maximum Gasteiger partial charge on any atom is 0.221 e. The Labute approximate surface area is 123 Å². The van der Waals surface area contributed by atoms with Crippen LogP contribution in [0.25, 0.3) is 0 Å². The fourth-order valence-electron chi connectivity index (χ4n) is 3.42. The molecule has 2 aliphatic rings. The van der Waals surface area contributed by atoms with E-state index in [1.54, 1.807) is 0 Å². The summed E-state index contributed by atoms with van der Waals surface area (Å²) in [4.78, 5) is 14.5. The van der Waals surface area contributed by atoms with Crippen LogP contribution in [0.4, 0.5) is 0 Å². The molecule has 116 valence electrons. The summed E-state index contributed by atoms with van der Waals surface area (Å²) in [5.41, 5.74) is 0. The van der Waals surface area contributed by atoms with E-state index >= 15 is 0 Å². The van der Waals surface area contributed by atoms with Crippen molar-refractivity contribution in [3.63, 3.8) is 0 Å². The second-order valence-electron chi connectivity index (χ2n) is 6.80. The van der Waals surface area contributed by atoms with Gasteiger partial charge in [-0.2, -0.15) is 0 Å². The molecule has 0 radical (unpaired) electrons. The molecular weight excluding hydrogens is 250 g/mol. The number of likely N-dealkylation sites (tertiary alicyclic amines) is 1. The highest BCUT2D eigenvalue weighted by atomic mass is 16.1. The van der Waals surface area contributed by atoms with Crippen molar-refractivity contribution in [3.8, 4) is 0 Å². The van der Waals surface area contributed by atoms with Gasteiger partial charge in [0.1, 0.15) is 0 Å². The summed E-state index contributed by atoms with van der Waals surface area (Å²) in [6.45, 7) is 9.96. The van der Waals surface area contributed by atoms with Gasteiger partial charge in [-0.25, -0.2) is 0 Å². The second-order valence-corrected chi connectivity index (χ2v) is 6.80. The zero-order chi connectivity index (χ0) is 14.4. The normalized spacial score (nSPS) is 29.3. The molecule has 3 atom stereocenters. The molecule has 2 fully saturated rings. The maximum atomic E-state index is 12.0. The van der Waals surface area contributed by atoms with Gasteiger partial charge in [-0.05, 0) is 57.2 Å². The Morgan fingerprint density at radius 3 is 2.80 bits per heavy atom. The molecular formula is C16H31N3O. The third kappa shape index (κ3) is 5.06. The van der Waals surface area contributed by atoms with Crippen molar-refractivity contribution in [2.24, 2.45) is 11.8 Å². The molecule has 2 saturated heterocycles. The van der Waals surface area contributed by atoms with Crippen molar-refractivity contribution in [2.45, 2.75) is 52.0 Å². The van der Waals surface area contributed by atoms with Crippen molar-refractivity contribution >= 4 is 5.91 Å². The Kier molecular flexibility index (Phi) is 6.30. The molecule has 1 amide bonds. The average molecular weight is 281 g/mol. The molecule has 2 rings (SSSR count). The van der Waals surface area contributed by atoms with E-state index < -0.39 is 0 Å². The molecule has 2 aliphatic heterocycles. The Bertz CT molecular complexity index is 302. The number of hydrogen-bond donors (Lipinski definition) is 2. The SMILES string of the molecule is CC(CNC(=O)CC1NCCCC1C)CN1CCCC1. The topological polar surface area (TPSA) is 44.4 Å². The largest absolute Gasteiger partial charge is 0.356 e. The first-order valence-corrected chi connectivity index (χ1v) is 8.37. The van der Waals surface area contributed by atoms with Crippen molar-refractivity contribution in [1.82, 2.24) is 15.5 Å². The molecule has 2 heterocycles. The lowest BCUT2D eigenvalue weighted by Crippen LogP contribution is -2.44. The summed E-state index contributed by atoms with van der Waals surface area (Å²) >= 11 is 0. The first kappa shape index (κ1) is 15.8. The monoisotopic (exact) mass is 281 g/mol. The molecule has 0 aliphatic carbocycles. The van der Waals surface area contributed by atoms with Gasteiger partial charge in [0.15, 0.2) is 0 Å². The highest BCUT2D eigenvalue weighted by Gasteiger charge is 2.23. The number of nitrogens with zero attached hydrogens (tertiary/aromatic N) is 1. The summed E-state index contributed by atoms with van der Waals surface area (Å²) < 4.78 is 0. The minimum atomic E-state index is 0.213. The Morgan fingerprint density at radius 2 is 2.10 bits per heavy atom. The first-order valence-electron chi connectivity index (χ1n) is 8.37. The van der Waals surface area contributed by atoms with Gasteiger partial charge in [-0.15, -0.1) is 0 Å². The van der Waals surface area contributed by atoms with E-state index in [0.29, 0.717) is 24.3 Å². The highest BCUT2D eigenvalue weighted by Crippen LogP contribution is 2.17. The van der Waals surface area contributed by atoms with Crippen LogP contribution in [-0.4, -0.2) is 49.6 Å². The van der Waals surface area contributed by atoms with E-state index in [9.17, 15) is 4.79 Å². The Morgan fingerprint density at radius 1 is 1.35 bits per heavy atom. The van der Waals surface area contributed by atoms with Crippen LogP contribution in [-0.2, 0) is 4.79 Å². The summed E-state index contributed by atoms with van der Waals surface area (Å²) in [5.74, 6) is 1.38. The van der Waals surface area contributed by atoms with E-state index in [2.05, 4.69) is 29.4 Å². The first-order chi connectivity index (χ1) is 9.65. The molecule has 0 spiro atoms. The smallest absolute Gasteiger partial charge is 0.221 e. The third-order valence-electron chi connectivity index (χ3n) is 4.75. The Balaban J connectivity index is 1.61. The maximum absolute atomic E-state index is 12.0. The van der Waals surface area contributed by atoms with Gasteiger partial charge in [-0.1, -0.05) is 13.8 Å². The van der Waals surface area contributed by atoms with Gasteiger partial charge < -0.3 is 15.5 Å². The lowest BCUT2D eigenvalue weighted by molar-refractivity contribution is -0.122. The van der Waals surface area contributed by atoms with Gasteiger partial charge >= 0.3 is 0 Å². The van der Waals surface area contributed by atoms with Gasteiger partial charge in [0, 0.05) is 25.6 Å². The van der Waals surface area contributed by atoms with Crippen molar-refractivity contribution in [3.05, 3.63) is 0 Å². The van der Waals surface area contributed by atoms with Crippen molar-refractivity contribution in [2.75, 3.05) is 32.7 Å². The fraction of sp³-hybridized carbons (Fsp3) is 0.938. The van der Waals surface area contributed by atoms with Gasteiger partial charge in [0.25, 0.3) is 0 Å². The van der Waals surface area contributed by atoms with Crippen LogP contribution < -0.4 is 10.6 Å². The minimum absolute atomic E-state index is 0.213. The quantitative estimate of drug-likeness (QED) is 0.777. The lowest BCUT2D eigenvalue weighted by Gasteiger charge is -2.29. The summed E-state index contributed by atoms with van der Waals surface area (Å²) in [5, 5.41) is 6.60. The average Bonchev–Trinajstić information content (AvgIpc) is 2.92. The number of rotatable bonds is 6. The standard InChI is InChI=1S/C16H31N3O/c1-13(12-19-8-3-4-9-19)11-18-16(20)10-15-14(2)6-5-7-17-15/h13-15,17H,3-12H2,1-2H3,(H,18,20). The van der Waals surface area contributed by atoms with Gasteiger partial charge in [-0.3, -0.25) is 4.79 Å². The third-order valence-corrected chi connectivity index (χ3v) is 4.75. The lowest BCUT2D eigenvalue weighted by atomic mass is 9.90. The number of hydrogen-bond acceptors (Lipinski definition) is 3. The molecule has 4 nitrogen and oxygen atoms in total. The van der Waals surface area contributed by atoms with Crippen LogP contribution in [0.2, 0.25) is 0 Å². The van der Waals surface area contributed by atoms with Crippen LogP contribution in [0.15, 0.2) is 0 Å². The molecule has 2 N–H and O–H groups in total. The summed E-state index contributed by atoms with van der Waals surface area (Å²) in [7, 11) is 0. The van der Waals surface area contributed by atoms with Crippen LogP contribution in [0.5, 0.6) is 0 Å². The summed E-state index contributed by atoms with van der Waals surface area (Å²) in [6.07, 6.45) is 5.80. The number of carbonyl (C=O) groups excluding carboxylic acids is 1. The van der Waals surface area contributed by atoms with Crippen LogP contribution in [0.1, 0.15) is 46.0 Å². The van der Waals surface area contributed by atoms with Gasteiger partial charge in [0.05, 0.1) is 0 Å². The summed E-state index contributed by atoms with van der Waals surface area (Å²) in [6, 6.07) is 0.373. The molecule has 0 bridgehead atoms. The molecule has 3 unspecified atom stereocenters. The molecule has 0 saturated carbocycles. The van der Waals surface area contributed by atoms with E-state index in [1.807, 2.05) is 0 Å². The molecule has 0 aromatic carbocycles. The zero-order valence-electron chi connectivity index (χ0n) is 13.2. The fourth-order valence-corrected chi connectivity index (χ4v) is 3.42. The molecule has 0 aromatic rings. The van der Waals surface area contributed by atoms with Crippen molar-refractivity contribution in [1.29, 1.82) is 0 Å². The van der Waals surface area contributed by atoms with Crippen LogP contribution in [0.3, 0.4) is 0 Å².